The highest BCUT2D eigenvalue weighted by Crippen LogP contribution is 2.18. The topological polar surface area (TPSA) is 75.0 Å². The number of anilines is 1. The van der Waals surface area contributed by atoms with E-state index in [0.717, 1.165) is 22.7 Å². The lowest BCUT2D eigenvalue weighted by Crippen LogP contribution is -2.13. The van der Waals surface area contributed by atoms with Crippen LogP contribution in [-0.2, 0) is 17.8 Å². The Kier molecular flexibility index (Phi) is 6.77. The van der Waals surface area contributed by atoms with Crippen molar-refractivity contribution in [3.8, 4) is 11.8 Å². The number of carbonyl (C=O) groups is 1. The molecule has 0 aliphatic heterocycles. The van der Waals surface area contributed by atoms with Gasteiger partial charge in [-0.1, -0.05) is 31.2 Å². The minimum absolute atomic E-state index is 0.0381. The first-order chi connectivity index (χ1) is 14.1. The van der Waals surface area contributed by atoms with Crippen LogP contribution >= 0.6 is 11.3 Å². The van der Waals surface area contributed by atoms with Crippen LogP contribution in [0.4, 0.5) is 5.69 Å². The van der Waals surface area contributed by atoms with Crippen molar-refractivity contribution >= 4 is 29.0 Å². The number of thiazole rings is 1. The van der Waals surface area contributed by atoms with Crippen LogP contribution in [0.3, 0.4) is 0 Å². The van der Waals surface area contributed by atoms with Gasteiger partial charge in [-0.25, -0.2) is 4.98 Å². The Morgan fingerprint density at radius 2 is 1.93 bits per heavy atom. The summed E-state index contributed by atoms with van der Waals surface area (Å²) in [6.45, 7) is 4.43. The lowest BCUT2D eigenvalue weighted by molar-refractivity contribution is -0.112. The van der Waals surface area contributed by atoms with Crippen molar-refractivity contribution in [2.75, 3.05) is 5.32 Å². The fourth-order valence-electron chi connectivity index (χ4n) is 2.63. The zero-order valence-corrected chi connectivity index (χ0v) is 17.1. The van der Waals surface area contributed by atoms with Crippen molar-refractivity contribution in [2.45, 2.75) is 26.9 Å². The summed E-state index contributed by atoms with van der Waals surface area (Å²) in [7, 11) is 0. The zero-order chi connectivity index (χ0) is 20.6. The van der Waals surface area contributed by atoms with Crippen LogP contribution in [0.15, 0.2) is 59.5 Å². The molecule has 146 valence electrons. The van der Waals surface area contributed by atoms with E-state index in [9.17, 15) is 10.1 Å². The third-order valence-electron chi connectivity index (χ3n) is 4.23. The van der Waals surface area contributed by atoms with Crippen molar-refractivity contribution in [1.29, 1.82) is 5.26 Å². The number of aromatic nitrogens is 1. The maximum atomic E-state index is 12.4. The molecule has 0 atom stereocenters. The van der Waals surface area contributed by atoms with Crippen LogP contribution in [0.1, 0.15) is 28.8 Å². The molecule has 0 saturated carbocycles. The van der Waals surface area contributed by atoms with Gasteiger partial charge in [-0.3, -0.25) is 4.79 Å². The van der Waals surface area contributed by atoms with Gasteiger partial charge >= 0.3 is 0 Å². The number of carbonyl (C=O) groups excluding carboxylic acids is 1. The Morgan fingerprint density at radius 3 is 2.52 bits per heavy atom. The fraction of sp³-hybridized carbons (Fsp3) is 0.174. The molecule has 2 aromatic carbocycles. The van der Waals surface area contributed by atoms with Crippen LogP contribution in [-0.4, -0.2) is 10.9 Å². The Bertz CT molecular complexity index is 1040. The van der Waals surface area contributed by atoms with Crippen molar-refractivity contribution in [3.05, 3.63) is 81.3 Å². The number of hydrogen-bond donors (Lipinski definition) is 1. The highest BCUT2D eigenvalue weighted by molar-refractivity contribution is 7.09. The van der Waals surface area contributed by atoms with Gasteiger partial charge in [0.15, 0.2) is 0 Å². The number of rotatable bonds is 7. The summed E-state index contributed by atoms with van der Waals surface area (Å²) in [5, 5.41) is 15.1. The van der Waals surface area contributed by atoms with Gasteiger partial charge in [0.2, 0.25) is 0 Å². The predicted octanol–water partition coefficient (Wildman–Crippen LogP) is 5.14. The van der Waals surface area contributed by atoms with Crippen LogP contribution in [0, 0.1) is 18.3 Å². The fourth-order valence-corrected chi connectivity index (χ4v) is 3.23. The van der Waals surface area contributed by atoms with Crippen molar-refractivity contribution in [2.24, 2.45) is 0 Å². The first-order valence-corrected chi connectivity index (χ1v) is 10.1. The molecular formula is C23H21N3O2S. The number of ether oxygens (including phenoxy) is 1. The molecule has 0 spiro atoms. The SMILES string of the molecule is CCc1ccc(NC(=O)/C(C#N)=C/c2ccc(OCc3csc(C)n3)cc2)cc1. The minimum Gasteiger partial charge on any atom is -0.487 e. The molecule has 0 unspecified atom stereocenters. The van der Waals surface area contributed by atoms with Gasteiger partial charge in [0.25, 0.3) is 5.91 Å². The molecule has 0 fully saturated rings. The van der Waals surface area contributed by atoms with E-state index in [1.807, 2.05) is 54.8 Å². The molecule has 3 aromatic rings. The van der Waals surface area contributed by atoms with Gasteiger partial charge in [0.05, 0.1) is 10.7 Å². The predicted molar refractivity (Wildman–Crippen MR) is 116 cm³/mol. The molecule has 1 heterocycles. The number of nitrogens with one attached hydrogen (secondary N) is 1. The van der Waals surface area contributed by atoms with Gasteiger partial charge < -0.3 is 10.1 Å². The Hall–Kier alpha value is -3.43. The highest BCUT2D eigenvalue weighted by atomic mass is 32.1. The summed E-state index contributed by atoms with van der Waals surface area (Å²) < 4.78 is 5.72. The molecule has 6 heteroatoms. The number of aryl methyl sites for hydroxylation is 2. The Morgan fingerprint density at radius 1 is 1.21 bits per heavy atom. The van der Waals surface area contributed by atoms with E-state index in [4.69, 9.17) is 4.74 Å². The lowest BCUT2D eigenvalue weighted by Gasteiger charge is -2.06. The molecule has 0 radical (unpaired) electrons. The number of nitrogens with zero attached hydrogens (tertiary/aromatic N) is 2. The number of amides is 1. The minimum atomic E-state index is -0.434. The largest absolute Gasteiger partial charge is 0.487 e. The second-order valence-corrected chi connectivity index (χ2v) is 7.45. The maximum absolute atomic E-state index is 12.4. The summed E-state index contributed by atoms with van der Waals surface area (Å²) in [6.07, 6.45) is 2.49. The average Bonchev–Trinajstić information content (AvgIpc) is 3.17. The van der Waals surface area contributed by atoms with Crippen LogP contribution < -0.4 is 10.1 Å². The van der Waals surface area contributed by atoms with E-state index in [2.05, 4.69) is 17.2 Å². The van der Waals surface area contributed by atoms with Gasteiger partial charge in [0, 0.05) is 11.1 Å². The molecule has 1 N–H and O–H groups in total. The van der Waals surface area contributed by atoms with Crippen LogP contribution in [0.5, 0.6) is 5.75 Å². The number of benzene rings is 2. The lowest BCUT2D eigenvalue weighted by atomic mass is 10.1. The second-order valence-electron chi connectivity index (χ2n) is 6.39. The third-order valence-corrected chi connectivity index (χ3v) is 5.05. The number of hydrogen-bond acceptors (Lipinski definition) is 5. The standard InChI is InChI=1S/C23H21N3O2S/c1-3-17-4-8-20(9-5-17)26-23(27)19(13-24)12-18-6-10-22(11-7-18)28-14-21-15-29-16(2)25-21/h4-12,15H,3,14H2,1-2H3,(H,26,27)/b19-12+. The first kappa shape index (κ1) is 20.3. The zero-order valence-electron chi connectivity index (χ0n) is 16.3. The molecule has 3 rings (SSSR count). The molecule has 0 aliphatic rings. The van der Waals surface area contributed by atoms with Gasteiger partial charge in [-0.2, -0.15) is 5.26 Å². The molecule has 1 amide bonds. The number of nitriles is 1. The van der Waals surface area contributed by atoms with Crippen LogP contribution in [0.25, 0.3) is 6.08 Å². The van der Waals surface area contributed by atoms with E-state index < -0.39 is 5.91 Å². The molecule has 0 bridgehead atoms. The average molecular weight is 404 g/mol. The van der Waals surface area contributed by atoms with Crippen LogP contribution in [0.2, 0.25) is 0 Å². The van der Waals surface area contributed by atoms with E-state index in [1.165, 1.54) is 5.56 Å². The second kappa shape index (κ2) is 9.67. The maximum Gasteiger partial charge on any atom is 0.266 e. The molecule has 0 saturated heterocycles. The van der Waals surface area contributed by atoms with Gasteiger partial charge in [0.1, 0.15) is 24.0 Å². The smallest absolute Gasteiger partial charge is 0.266 e. The van der Waals surface area contributed by atoms with E-state index >= 15 is 0 Å². The molecule has 0 aliphatic carbocycles. The van der Waals surface area contributed by atoms with Gasteiger partial charge in [-0.05, 0) is 54.8 Å². The Labute approximate surface area is 174 Å². The third kappa shape index (κ3) is 5.77. The van der Waals surface area contributed by atoms with Gasteiger partial charge in [-0.15, -0.1) is 11.3 Å². The van der Waals surface area contributed by atoms with Crippen molar-refractivity contribution in [1.82, 2.24) is 4.98 Å². The van der Waals surface area contributed by atoms with E-state index in [0.29, 0.717) is 18.0 Å². The molecular weight excluding hydrogens is 382 g/mol. The van der Waals surface area contributed by atoms with Crippen molar-refractivity contribution < 1.29 is 9.53 Å². The van der Waals surface area contributed by atoms with Crippen molar-refractivity contribution in [3.63, 3.8) is 0 Å². The van der Waals surface area contributed by atoms with E-state index in [1.54, 1.807) is 29.5 Å². The normalized spacial score (nSPS) is 11.0. The Balaban J connectivity index is 1.63. The molecule has 1 aromatic heterocycles. The molecule has 5 nitrogen and oxygen atoms in total. The monoisotopic (exact) mass is 403 g/mol. The summed E-state index contributed by atoms with van der Waals surface area (Å²) in [6, 6.07) is 16.8. The first-order valence-electron chi connectivity index (χ1n) is 9.23. The quantitative estimate of drug-likeness (QED) is 0.438. The summed E-state index contributed by atoms with van der Waals surface area (Å²) in [4.78, 5) is 16.8. The van der Waals surface area contributed by atoms with E-state index in [-0.39, 0.29) is 5.57 Å². The molecule has 29 heavy (non-hydrogen) atoms. The summed E-state index contributed by atoms with van der Waals surface area (Å²) in [5.74, 6) is 0.266. The highest BCUT2D eigenvalue weighted by Gasteiger charge is 2.10. The summed E-state index contributed by atoms with van der Waals surface area (Å²) >= 11 is 1.59. The summed E-state index contributed by atoms with van der Waals surface area (Å²) in [5.41, 5.74) is 3.53.